The molecule has 0 unspecified atom stereocenters. The normalized spacial score (nSPS) is 17.7. The highest BCUT2D eigenvalue weighted by Crippen LogP contribution is 2.38. The summed E-state index contributed by atoms with van der Waals surface area (Å²) >= 11 is 1.28. The lowest BCUT2D eigenvalue weighted by Gasteiger charge is -2.26. The molecule has 5 rings (SSSR count). The summed E-state index contributed by atoms with van der Waals surface area (Å²) in [6, 6.07) is 13.9. The van der Waals surface area contributed by atoms with Crippen LogP contribution in [0.15, 0.2) is 52.1 Å². The number of rotatable bonds is 5. The van der Waals surface area contributed by atoms with Crippen molar-refractivity contribution in [3.8, 4) is 23.0 Å². The smallest absolute Gasteiger partial charge is 0.277 e. The quantitative estimate of drug-likeness (QED) is 0.552. The molecule has 0 saturated carbocycles. The Hall–Kier alpha value is -3.00. The third kappa shape index (κ3) is 4.12. The minimum absolute atomic E-state index is 0.0501. The highest BCUT2D eigenvalue weighted by atomic mass is 32.2. The fraction of sp³-hybridized carbons (Fsp3) is 0.348. The highest BCUT2D eigenvalue weighted by molar-refractivity contribution is 7.99. The number of likely N-dealkylation sites (tertiary alicyclic amines) is 1. The SMILES string of the molecule is Cc1ccccc1-c1nnc(SCC(=O)N2CCC[C@@H]2c2ccc3c(c2)OCCO3)o1. The first kappa shape index (κ1) is 19.9. The van der Waals surface area contributed by atoms with Crippen LogP contribution in [0.1, 0.15) is 30.0 Å². The summed E-state index contributed by atoms with van der Waals surface area (Å²) in [5, 5.41) is 8.65. The zero-order chi connectivity index (χ0) is 21.2. The van der Waals surface area contributed by atoms with Crippen molar-refractivity contribution in [2.24, 2.45) is 0 Å². The lowest BCUT2D eigenvalue weighted by Crippen LogP contribution is -2.32. The number of nitrogens with zero attached hydrogens (tertiary/aromatic N) is 3. The summed E-state index contributed by atoms with van der Waals surface area (Å²) in [7, 11) is 0. The third-order valence-electron chi connectivity index (χ3n) is 5.63. The molecule has 0 N–H and O–H groups in total. The predicted octanol–water partition coefficient (Wildman–Crippen LogP) is 4.27. The molecule has 8 heteroatoms. The summed E-state index contributed by atoms with van der Waals surface area (Å²) in [4.78, 5) is 14.9. The van der Waals surface area contributed by atoms with Crippen molar-refractivity contribution >= 4 is 17.7 Å². The molecule has 3 heterocycles. The maximum absolute atomic E-state index is 13.0. The summed E-state index contributed by atoms with van der Waals surface area (Å²) in [5.74, 6) is 2.33. The molecule has 2 aromatic carbocycles. The number of thioether (sulfide) groups is 1. The number of benzene rings is 2. The number of ether oxygens (including phenoxy) is 2. The molecule has 1 atom stereocenters. The topological polar surface area (TPSA) is 77.7 Å². The van der Waals surface area contributed by atoms with Crippen molar-refractivity contribution in [3.05, 3.63) is 53.6 Å². The van der Waals surface area contributed by atoms with Gasteiger partial charge in [-0.2, -0.15) is 0 Å². The van der Waals surface area contributed by atoms with Gasteiger partial charge in [0.15, 0.2) is 11.5 Å². The minimum Gasteiger partial charge on any atom is -0.486 e. The maximum Gasteiger partial charge on any atom is 0.277 e. The Morgan fingerprint density at radius 2 is 1.97 bits per heavy atom. The molecule has 0 spiro atoms. The van der Waals surface area contributed by atoms with Crippen molar-refractivity contribution in [3.63, 3.8) is 0 Å². The van der Waals surface area contributed by atoms with E-state index in [2.05, 4.69) is 10.2 Å². The van der Waals surface area contributed by atoms with Crippen molar-refractivity contribution < 1.29 is 18.7 Å². The van der Waals surface area contributed by atoms with Crippen LogP contribution in [0.3, 0.4) is 0 Å². The van der Waals surface area contributed by atoms with Crippen molar-refractivity contribution in [1.82, 2.24) is 15.1 Å². The van der Waals surface area contributed by atoms with Gasteiger partial charge in [0.05, 0.1) is 11.8 Å². The molecule has 0 radical (unpaired) electrons. The molecular formula is C23H23N3O4S. The second kappa shape index (κ2) is 8.63. The van der Waals surface area contributed by atoms with Gasteiger partial charge < -0.3 is 18.8 Å². The first-order valence-corrected chi connectivity index (χ1v) is 11.4. The van der Waals surface area contributed by atoms with Gasteiger partial charge in [0.2, 0.25) is 11.8 Å². The molecule has 1 fully saturated rings. The predicted molar refractivity (Wildman–Crippen MR) is 116 cm³/mol. The molecule has 2 aliphatic rings. The molecule has 2 aliphatic heterocycles. The average Bonchev–Trinajstić information content (AvgIpc) is 3.47. The van der Waals surface area contributed by atoms with Gasteiger partial charge in [0, 0.05) is 12.1 Å². The minimum atomic E-state index is 0.0501. The summed E-state index contributed by atoms with van der Waals surface area (Å²) < 4.78 is 17.1. The molecule has 7 nitrogen and oxygen atoms in total. The second-order valence-corrected chi connectivity index (χ2v) is 8.55. The van der Waals surface area contributed by atoms with E-state index in [1.54, 1.807) is 0 Å². The lowest BCUT2D eigenvalue weighted by molar-refractivity contribution is -0.129. The summed E-state index contributed by atoms with van der Waals surface area (Å²) in [6.07, 6.45) is 1.92. The van der Waals surface area contributed by atoms with Gasteiger partial charge in [0.25, 0.3) is 5.22 Å². The number of aryl methyl sites for hydroxylation is 1. The number of carbonyl (C=O) groups is 1. The maximum atomic E-state index is 13.0. The van der Waals surface area contributed by atoms with Gasteiger partial charge in [0.1, 0.15) is 13.2 Å². The van der Waals surface area contributed by atoms with Crippen LogP contribution in [0.25, 0.3) is 11.5 Å². The zero-order valence-corrected chi connectivity index (χ0v) is 18.1. The van der Waals surface area contributed by atoms with Gasteiger partial charge in [-0.1, -0.05) is 36.0 Å². The van der Waals surface area contributed by atoms with E-state index in [9.17, 15) is 4.79 Å². The van der Waals surface area contributed by atoms with Crippen LogP contribution in [-0.2, 0) is 4.79 Å². The van der Waals surface area contributed by atoms with E-state index in [0.29, 0.717) is 24.3 Å². The van der Waals surface area contributed by atoms with Crippen molar-refractivity contribution in [2.75, 3.05) is 25.5 Å². The third-order valence-corrected chi connectivity index (χ3v) is 6.43. The number of carbonyl (C=O) groups excluding carboxylic acids is 1. The monoisotopic (exact) mass is 437 g/mol. The van der Waals surface area contributed by atoms with Crippen LogP contribution in [0.2, 0.25) is 0 Å². The number of hydrogen-bond acceptors (Lipinski definition) is 7. The van der Waals surface area contributed by atoms with E-state index in [1.165, 1.54) is 11.8 Å². The molecule has 1 amide bonds. The molecule has 3 aromatic rings. The second-order valence-electron chi connectivity index (χ2n) is 7.62. The van der Waals surface area contributed by atoms with Crippen LogP contribution in [0.4, 0.5) is 0 Å². The molecule has 1 saturated heterocycles. The Morgan fingerprint density at radius 3 is 2.84 bits per heavy atom. The van der Waals surface area contributed by atoms with Crippen LogP contribution >= 0.6 is 11.8 Å². The highest BCUT2D eigenvalue weighted by Gasteiger charge is 2.31. The number of hydrogen-bond donors (Lipinski definition) is 0. The van der Waals surface area contributed by atoms with E-state index < -0.39 is 0 Å². The number of fused-ring (bicyclic) bond motifs is 1. The molecule has 31 heavy (non-hydrogen) atoms. The number of amides is 1. The molecule has 0 bridgehead atoms. The molecular weight excluding hydrogens is 414 g/mol. The number of aromatic nitrogens is 2. The fourth-order valence-electron chi connectivity index (χ4n) is 4.08. The summed E-state index contributed by atoms with van der Waals surface area (Å²) in [6.45, 7) is 3.87. The van der Waals surface area contributed by atoms with E-state index >= 15 is 0 Å². The lowest BCUT2D eigenvalue weighted by atomic mass is 10.0. The summed E-state index contributed by atoms with van der Waals surface area (Å²) in [5.41, 5.74) is 3.06. The van der Waals surface area contributed by atoms with Crippen LogP contribution < -0.4 is 9.47 Å². The first-order chi connectivity index (χ1) is 15.2. The van der Waals surface area contributed by atoms with Gasteiger partial charge >= 0.3 is 0 Å². The van der Waals surface area contributed by atoms with Gasteiger partial charge in [-0.15, -0.1) is 10.2 Å². The standard InChI is InChI=1S/C23H23N3O4S/c1-15-5-2-3-6-17(15)22-24-25-23(30-22)31-14-21(27)26-10-4-7-18(26)16-8-9-19-20(13-16)29-12-11-28-19/h2-3,5-6,8-9,13,18H,4,7,10-12,14H2,1H3/t18-/m1/s1. The Morgan fingerprint density at radius 1 is 1.13 bits per heavy atom. The average molecular weight is 438 g/mol. The first-order valence-electron chi connectivity index (χ1n) is 10.4. The van der Waals surface area contributed by atoms with Gasteiger partial charge in [-0.05, 0) is 49.1 Å². The van der Waals surface area contributed by atoms with Gasteiger partial charge in [-0.3, -0.25) is 4.79 Å². The molecule has 1 aromatic heterocycles. The molecule has 0 aliphatic carbocycles. The van der Waals surface area contributed by atoms with Gasteiger partial charge in [-0.25, -0.2) is 0 Å². The van der Waals surface area contributed by atoms with Crippen LogP contribution in [-0.4, -0.2) is 46.5 Å². The van der Waals surface area contributed by atoms with E-state index in [-0.39, 0.29) is 17.7 Å². The van der Waals surface area contributed by atoms with E-state index in [1.807, 2.05) is 54.3 Å². The van der Waals surface area contributed by atoms with Crippen molar-refractivity contribution in [1.29, 1.82) is 0 Å². The van der Waals surface area contributed by atoms with E-state index in [4.69, 9.17) is 13.9 Å². The Bertz CT molecular complexity index is 1100. The molecule has 160 valence electrons. The van der Waals surface area contributed by atoms with Crippen LogP contribution in [0.5, 0.6) is 11.5 Å². The zero-order valence-electron chi connectivity index (χ0n) is 17.2. The Labute approximate surface area is 184 Å². The van der Waals surface area contributed by atoms with Crippen LogP contribution in [0, 0.1) is 6.92 Å². The Balaban J connectivity index is 1.25. The Kier molecular flexibility index (Phi) is 5.55. The van der Waals surface area contributed by atoms with E-state index in [0.717, 1.165) is 47.6 Å². The largest absolute Gasteiger partial charge is 0.486 e. The fourth-order valence-corrected chi connectivity index (χ4v) is 4.72. The van der Waals surface area contributed by atoms with Crippen molar-refractivity contribution in [2.45, 2.75) is 31.0 Å².